The van der Waals surface area contributed by atoms with Crippen LogP contribution < -0.4 is 5.32 Å². The molecule has 0 aliphatic carbocycles. The molecule has 0 aromatic heterocycles. The van der Waals surface area contributed by atoms with Crippen molar-refractivity contribution in [3.63, 3.8) is 0 Å². The van der Waals surface area contributed by atoms with Crippen molar-refractivity contribution >= 4 is 28.6 Å². The number of carboxylic acid groups (broad SMARTS) is 2. The Bertz CT molecular complexity index is 920. The van der Waals surface area contributed by atoms with Crippen molar-refractivity contribution in [3.8, 4) is 0 Å². The van der Waals surface area contributed by atoms with Gasteiger partial charge in [-0.25, -0.2) is 4.79 Å². The van der Waals surface area contributed by atoms with E-state index in [0.717, 1.165) is 49.3 Å². The summed E-state index contributed by atoms with van der Waals surface area (Å²) >= 11 is 0. The second-order valence-electron chi connectivity index (χ2n) is 8.47. The van der Waals surface area contributed by atoms with Crippen molar-refractivity contribution in [1.82, 2.24) is 10.2 Å². The van der Waals surface area contributed by atoms with Crippen LogP contribution in [0, 0.1) is 0 Å². The maximum Gasteiger partial charge on any atom is 0.326 e. The smallest absolute Gasteiger partial charge is 0.326 e. The molecule has 1 unspecified atom stereocenters. The highest BCUT2D eigenvalue weighted by molar-refractivity contribution is 6.00. The van der Waals surface area contributed by atoms with Crippen molar-refractivity contribution < 1.29 is 24.6 Å². The molecule has 33 heavy (non-hydrogen) atoms. The first-order valence-corrected chi connectivity index (χ1v) is 11.9. The van der Waals surface area contributed by atoms with Gasteiger partial charge in [-0.3, -0.25) is 14.5 Å². The first kappa shape index (κ1) is 26.3. The predicted molar refractivity (Wildman–Crippen MR) is 130 cm³/mol. The summed E-state index contributed by atoms with van der Waals surface area (Å²) in [6.45, 7) is 5.36. The molecule has 2 aromatic rings. The first-order valence-electron chi connectivity index (χ1n) is 11.9. The van der Waals surface area contributed by atoms with E-state index >= 15 is 0 Å². The van der Waals surface area contributed by atoms with Crippen molar-refractivity contribution in [2.75, 3.05) is 13.1 Å². The fraction of sp³-hybridized carbons (Fsp3) is 0.500. The number of fused-ring (bicyclic) bond motifs is 1. The largest absolute Gasteiger partial charge is 0.480 e. The Labute approximate surface area is 195 Å². The van der Waals surface area contributed by atoms with Crippen LogP contribution in [0.15, 0.2) is 42.5 Å². The molecule has 0 saturated carbocycles. The van der Waals surface area contributed by atoms with Gasteiger partial charge in [-0.15, -0.1) is 0 Å². The number of benzene rings is 2. The summed E-state index contributed by atoms with van der Waals surface area (Å²) < 4.78 is 0. The van der Waals surface area contributed by atoms with Crippen LogP contribution >= 0.6 is 0 Å². The highest BCUT2D eigenvalue weighted by atomic mass is 16.4. The number of nitrogens with zero attached hydrogens (tertiary/aromatic N) is 1. The minimum absolute atomic E-state index is 0.192. The highest BCUT2D eigenvalue weighted by Crippen LogP contribution is 2.17. The first-order chi connectivity index (χ1) is 15.9. The second-order valence-corrected chi connectivity index (χ2v) is 8.47. The lowest BCUT2D eigenvalue weighted by Gasteiger charge is -2.30. The number of amides is 1. The quantitative estimate of drug-likeness (QED) is 0.340. The van der Waals surface area contributed by atoms with Crippen LogP contribution in [-0.2, 0) is 9.59 Å². The van der Waals surface area contributed by atoms with E-state index in [0.29, 0.717) is 18.7 Å². The summed E-state index contributed by atoms with van der Waals surface area (Å²) in [5.74, 6) is -2.83. The molecule has 2 aromatic carbocycles. The van der Waals surface area contributed by atoms with Gasteiger partial charge in [0.1, 0.15) is 12.1 Å². The topological polar surface area (TPSA) is 107 Å². The van der Waals surface area contributed by atoms with Crippen LogP contribution in [0.4, 0.5) is 0 Å². The molecule has 0 bridgehead atoms. The molecular formula is C26H36N2O5. The summed E-state index contributed by atoms with van der Waals surface area (Å²) in [4.78, 5) is 38.8. The maximum atomic E-state index is 12.8. The summed E-state index contributed by atoms with van der Waals surface area (Å²) in [5, 5.41) is 24.1. The summed E-state index contributed by atoms with van der Waals surface area (Å²) in [6, 6.07) is 10.5. The average Bonchev–Trinajstić information content (AvgIpc) is 2.80. The van der Waals surface area contributed by atoms with Crippen molar-refractivity contribution in [3.05, 3.63) is 48.0 Å². The molecule has 180 valence electrons. The van der Waals surface area contributed by atoms with Crippen LogP contribution in [0.2, 0.25) is 0 Å². The van der Waals surface area contributed by atoms with Crippen LogP contribution in [0.25, 0.3) is 10.8 Å². The third-order valence-electron chi connectivity index (χ3n) is 5.90. The zero-order chi connectivity index (χ0) is 24.2. The summed E-state index contributed by atoms with van der Waals surface area (Å²) in [6.07, 6.45) is 5.51. The molecule has 2 rings (SSSR count). The van der Waals surface area contributed by atoms with E-state index < -0.39 is 29.9 Å². The number of carbonyl (C=O) groups excluding carboxylic acids is 1. The molecule has 7 heteroatoms. The zero-order valence-corrected chi connectivity index (χ0v) is 19.6. The lowest BCUT2D eigenvalue weighted by Crippen LogP contribution is -2.50. The van der Waals surface area contributed by atoms with E-state index in [1.165, 1.54) is 0 Å². The van der Waals surface area contributed by atoms with Crippen LogP contribution in [0.3, 0.4) is 0 Å². The molecule has 7 nitrogen and oxygen atoms in total. The van der Waals surface area contributed by atoms with Gasteiger partial charge in [-0.05, 0) is 48.8 Å². The van der Waals surface area contributed by atoms with E-state index in [9.17, 15) is 24.6 Å². The average molecular weight is 457 g/mol. The number of carbonyl (C=O) groups is 3. The molecule has 0 spiro atoms. The van der Waals surface area contributed by atoms with Gasteiger partial charge in [-0.2, -0.15) is 0 Å². The van der Waals surface area contributed by atoms with Crippen LogP contribution in [-0.4, -0.2) is 58.1 Å². The fourth-order valence-corrected chi connectivity index (χ4v) is 3.98. The molecule has 0 fully saturated rings. The summed E-state index contributed by atoms with van der Waals surface area (Å²) in [5.41, 5.74) is 0.342. The summed E-state index contributed by atoms with van der Waals surface area (Å²) in [7, 11) is 0. The minimum Gasteiger partial charge on any atom is -0.480 e. The Morgan fingerprint density at radius 2 is 1.45 bits per heavy atom. The molecule has 0 radical (unpaired) electrons. The van der Waals surface area contributed by atoms with Gasteiger partial charge in [0, 0.05) is 12.0 Å². The standard InChI is InChI=1S/C26H36N2O5/c1-3-5-9-15-28(16-10-6-4-2)23(26(32)33)18-22(25(30)31)27-24(29)21-14-13-19-11-7-8-12-20(19)17-21/h7-8,11-14,17,22-23H,3-6,9-10,15-16,18H2,1-2H3,(H,27,29)(H,30,31)(H,32,33)/t22?,23-/m1/s1. The molecule has 2 atom stereocenters. The van der Waals surface area contributed by atoms with E-state index in [1.807, 2.05) is 35.2 Å². The predicted octanol–water partition coefficient (Wildman–Crippen LogP) is 4.55. The molecule has 0 heterocycles. The van der Waals surface area contributed by atoms with Gasteiger partial charge in [0.15, 0.2) is 0 Å². The van der Waals surface area contributed by atoms with Gasteiger partial charge in [0.2, 0.25) is 0 Å². The second kappa shape index (κ2) is 13.6. The van der Waals surface area contributed by atoms with E-state index in [-0.39, 0.29) is 6.42 Å². The SMILES string of the molecule is CCCCCN(CCCCC)[C@H](CC(NC(=O)c1ccc2ccccc2c1)C(=O)O)C(=O)O. The Hall–Kier alpha value is -2.93. The number of rotatable bonds is 15. The molecule has 0 saturated heterocycles. The monoisotopic (exact) mass is 456 g/mol. The minimum atomic E-state index is -1.30. The Balaban J connectivity index is 2.16. The maximum absolute atomic E-state index is 12.8. The number of hydrogen-bond acceptors (Lipinski definition) is 4. The van der Waals surface area contributed by atoms with Crippen LogP contribution in [0.5, 0.6) is 0 Å². The number of aliphatic carboxylic acids is 2. The van der Waals surface area contributed by atoms with E-state index in [4.69, 9.17) is 0 Å². The Morgan fingerprint density at radius 1 is 0.848 bits per heavy atom. The van der Waals surface area contributed by atoms with Gasteiger partial charge < -0.3 is 15.5 Å². The van der Waals surface area contributed by atoms with Gasteiger partial charge in [0.05, 0.1) is 0 Å². The number of unbranched alkanes of at least 4 members (excludes halogenated alkanes) is 4. The van der Waals surface area contributed by atoms with Crippen molar-refractivity contribution in [2.45, 2.75) is 70.9 Å². The lowest BCUT2D eigenvalue weighted by molar-refractivity contribution is -0.145. The fourth-order valence-electron chi connectivity index (χ4n) is 3.98. The molecule has 0 aliphatic rings. The van der Waals surface area contributed by atoms with E-state index in [1.54, 1.807) is 12.1 Å². The third kappa shape index (κ3) is 8.17. The van der Waals surface area contributed by atoms with Crippen molar-refractivity contribution in [2.24, 2.45) is 0 Å². The van der Waals surface area contributed by atoms with E-state index in [2.05, 4.69) is 19.2 Å². The number of nitrogens with one attached hydrogen (secondary N) is 1. The number of hydrogen-bond donors (Lipinski definition) is 3. The van der Waals surface area contributed by atoms with Gasteiger partial charge in [0.25, 0.3) is 5.91 Å². The van der Waals surface area contributed by atoms with Gasteiger partial charge in [-0.1, -0.05) is 69.9 Å². The Kier molecular flexibility index (Phi) is 10.8. The van der Waals surface area contributed by atoms with Crippen molar-refractivity contribution in [1.29, 1.82) is 0 Å². The normalized spacial score (nSPS) is 13.1. The molecule has 1 amide bonds. The molecule has 0 aliphatic heterocycles. The molecule has 3 N–H and O–H groups in total. The van der Waals surface area contributed by atoms with Gasteiger partial charge >= 0.3 is 11.9 Å². The van der Waals surface area contributed by atoms with Crippen LogP contribution in [0.1, 0.15) is 69.2 Å². The lowest BCUT2D eigenvalue weighted by atomic mass is 10.0. The highest BCUT2D eigenvalue weighted by Gasteiger charge is 2.32. The Morgan fingerprint density at radius 3 is 2.00 bits per heavy atom. The zero-order valence-electron chi connectivity index (χ0n) is 19.6. The molecular weight excluding hydrogens is 420 g/mol. The number of carboxylic acids is 2. The third-order valence-corrected chi connectivity index (χ3v) is 5.90.